The van der Waals surface area contributed by atoms with Crippen molar-refractivity contribution < 1.29 is 33.3 Å². The normalized spacial score (nSPS) is 34.3. The SMILES string of the molecule is CC/[N+](=C/[C@H]1O[C@@H]2OC(C)(C)O[C@@H]2C[C@H]1OC(C)(C)OC)OC. The van der Waals surface area contributed by atoms with Crippen molar-refractivity contribution in [2.24, 2.45) is 0 Å². The second-order valence-corrected chi connectivity index (χ2v) is 6.70. The molecule has 0 N–H and O–H groups in total. The fourth-order valence-electron chi connectivity index (χ4n) is 2.80. The highest BCUT2D eigenvalue weighted by Gasteiger charge is 2.51. The summed E-state index contributed by atoms with van der Waals surface area (Å²) in [6.07, 6.45) is 1.41. The van der Waals surface area contributed by atoms with E-state index in [2.05, 4.69) is 0 Å². The van der Waals surface area contributed by atoms with Crippen LogP contribution in [0.3, 0.4) is 0 Å². The third-order valence-corrected chi connectivity index (χ3v) is 4.05. The standard InChI is InChI=1S/C16H30NO6/c1-8-17(19-7)10-13-11(21-15(2,3)18-6)9-12-14(20-13)23-16(4,5)22-12/h10-14H,8-9H2,1-7H3/q+1/b17-10-/t11-,12-,13-,14-/m1/s1. The van der Waals surface area contributed by atoms with Crippen LogP contribution in [-0.2, 0) is 28.5 Å². The Kier molecular flexibility index (Phi) is 5.68. The van der Waals surface area contributed by atoms with Gasteiger partial charge in [0.2, 0.25) is 6.21 Å². The largest absolute Gasteiger partial charge is 0.354 e. The highest BCUT2D eigenvalue weighted by molar-refractivity contribution is 5.58. The topological polar surface area (TPSA) is 58.4 Å². The maximum absolute atomic E-state index is 6.11. The molecule has 23 heavy (non-hydrogen) atoms. The van der Waals surface area contributed by atoms with Crippen LogP contribution < -0.4 is 0 Å². The molecule has 2 heterocycles. The van der Waals surface area contributed by atoms with E-state index in [-0.39, 0.29) is 18.3 Å². The summed E-state index contributed by atoms with van der Waals surface area (Å²) in [4.78, 5) is 5.30. The Balaban J connectivity index is 2.19. The molecule has 2 fully saturated rings. The Labute approximate surface area is 138 Å². The molecule has 0 aromatic carbocycles. The lowest BCUT2D eigenvalue weighted by Crippen LogP contribution is -2.51. The Hall–Kier alpha value is -0.730. The molecule has 0 bridgehead atoms. The zero-order valence-corrected chi connectivity index (χ0v) is 15.2. The summed E-state index contributed by atoms with van der Waals surface area (Å²) in [6.45, 7) is 10.2. The van der Waals surface area contributed by atoms with Crippen molar-refractivity contribution in [1.82, 2.24) is 0 Å². The Bertz CT molecular complexity index is 430. The number of fused-ring (bicyclic) bond motifs is 1. The minimum Gasteiger partial charge on any atom is -0.354 e. The third-order valence-electron chi connectivity index (χ3n) is 4.05. The second kappa shape index (κ2) is 7.03. The maximum Gasteiger partial charge on any atom is 0.224 e. The van der Waals surface area contributed by atoms with Gasteiger partial charge in [-0.15, -0.1) is 0 Å². The molecule has 0 spiro atoms. The molecule has 0 unspecified atom stereocenters. The van der Waals surface area contributed by atoms with Crippen LogP contribution in [0.1, 0.15) is 41.0 Å². The molecule has 0 amide bonds. The summed E-state index contributed by atoms with van der Waals surface area (Å²) in [7, 11) is 3.25. The molecule has 4 atom stereocenters. The predicted molar refractivity (Wildman–Crippen MR) is 83.2 cm³/mol. The first kappa shape index (κ1) is 18.6. The minimum atomic E-state index is -0.716. The summed E-state index contributed by atoms with van der Waals surface area (Å²) in [5.74, 6) is -1.37. The monoisotopic (exact) mass is 332 g/mol. The van der Waals surface area contributed by atoms with Crippen molar-refractivity contribution in [2.45, 2.75) is 77.2 Å². The number of rotatable bonds is 6. The molecule has 0 aromatic rings. The minimum absolute atomic E-state index is 0.162. The first-order valence-corrected chi connectivity index (χ1v) is 8.09. The molecule has 2 aliphatic rings. The van der Waals surface area contributed by atoms with E-state index in [1.54, 1.807) is 19.0 Å². The van der Waals surface area contributed by atoms with E-state index in [1.165, 1.54) is 0 Å². The van der Waals surface area contributed by atoms with Gasteiger partial charge in [0, 0.05) is 13.5 Å². The van der Waals surface area contributed by atoms with Gasteiger partial charge in [0.25, 0.3) is 0 Å². The van der Waals surface area contributed by atoms with Crippen molar-refractivity contribution in [1.29, 1.82) is 0 Å². The van der Waals surface area contributed by atoms with Gasteiger partial charge in [-0.2, -0.15) is 0 Å². The highest BCUT2D eigenvalue weighted by atomic mass is 16.8. The summed E-state index contributed by atoms with van der Waals surface area (Å²) in [5.41, 5.74) is 0. The lowest BCUT2D eigenvalue weighted by molar-refractivity contribution is -0.776. The van der Waals surface area contributed by atoms with E-state index in [0.717, 1.165) is 0 Å². The predicted octanol–water partition coefficient (Wildman–Crippen LogP) is 1.69. The van der Waals surface area contributed by atoms with Gasteiger partial charge in [0.15, 0.2) is 30.5 Å². The number of ether oxygens (including phenoxy) is 5. The molecule has 0 aliphatic carbocycles. The summed E-state index contributed by atoms with van der Waals surface area (Å²) >= 11 is 0. The number of methoxy groups -OCH3 is 1. The molecule has 2 aliphatic heterocycles. The molecule has 2 saturated heterocycles. The lowest BCUT2D eigenvalue weighted by atomic mass is 10.0. The van der Waals surface area contributed by atoms with Crippen LogP contribution >= 0.6 is 0 Å². The summed E-state index contributed by atoms with van der Waals surface area (Å²) in [5, 5.41) is 0. The van der Waals surface area contributed by atoms with E-state index < -0.39 is 17.9 Å². The molecule has 0 saturated carbocycles. The van der Waals surface area contributed by atoms with E-state index in [9.17, 15) is 0 Å². The number of hydrogen-bond acceptors (Lipinski definition) is 6. The van der Waals surface area contributed by atoms with Crippen LogP contribution in [0.2, 0.25) is 0 Å². The van der Waals surface area contributed by atoms with E-state index in [4.69, 9.17) is 28.5 Å². The van der Waals surface area contributed by atoms with Crippen LogP contribution in [0.15, 0.2) is 0 Å². The van der Waals surface area contributed by atoms with Gasteiger partial charge >= 0.3 is 0 Å². The van der Waals surface area contributed by atoms with Crippen molar-refractivity contribution in [3.63, 3.8) is 0 Å². The van der Waals surface area contributed by atoms with Crippen LogP contribution in [0.25, 0.3) is 0 Å². The molecule has 0 aromatic heterocycles. The van der Waals surface area contributed by atoms with Gasteiger partial charge in [-0.05, 0) is 39.4 Å². The van der Waals surface area contributed by atoms with Crippen molar-refractivity contribution >= 4 is 6.21 Å². The van der Waals surface area contributed by atoms with Gasteiger partial charge in [-0.1, -0.05) is 0 Å². The number of nitrogens with zero attached hydrogens (tertiary/aromatic N) is 1. The van der Waals surface area contributed by atoms with Crippen LogP contribution in [0.5, 0.6) is 0 Å². The van der Waals surface area contributed by atoms with Gasteiger partial charge in [-0.3, -0.25) is 4.84 Å². The Morgan fingerprint density at radius 2 is 1.96 bits per heavy atom. The van der Waals surface area contributed by atoms with E-state index in [1.807, 2.05) is 40.8 Å². The van der Waals surface area contributed by atoms with Gasteiger partial charge in [0.1, 0.15) is 13.2 Å². The number of hydroxylamine groups is 1. The zero-order valence-electron chi connectivity index (χ0n) is 15.2. The van der Waals surface area contributed by atoms with E-state index >= 15 is 0 Å². The summed E-state index contributed by atoms with van der Waals surface area (Å²) in [6, 6.07) is 0. The lowest BCUT2D eigenvalue weighted by Gasteiger charge is -2.37. The average Bonchev–Trinajstić information content (AvgIpc) is 2.77. The quantitative estimate of drug-likeness (QED) is 0.319. The first-order chi connectivity index (χ1) is 10.7. The Morgan fingerprint density at radius 3 is 2.52 bits per heavy atom. The van der Waals surface area contributed by atoms with Crippen molar-refractivity contribution in [3.8, 4) is 0 Å². The molecule has 7 nitrogen and oxygen atoms in total. The summed E-state index contributed by atoms with van der Waals surface area (Å²) < 4.78 is 31.0. The third kappa shape index (κ3) is 4.64. The second-order valence-electron chi connectivity index (χ2n) is 6.70. The smallest absolute Gasteiger partial charge is 0.224 e. The maximum atomic E-state index is 6.11. The zero-order chi connectivity index (χ0) is 17.3. The van der Waals surface area contributed by atoms with Crippen LogP contribution in [0.4, 0.5) is 0 Å². The molecule has 134 valence electrons. The molecule has 7 heteroatoms. The van der Waals surface area contributed by atoms with Crippen molar-refractivity contribution in [3.05, 3.63) is 0 Å². The number of hydrogen-bond donors (Lipinski definition) is 0. The van der Waals surface area contributed by atoms with Crippen LogP contribution in [-0.4, -0.2) is 67.9 Å². The van der Waals surface area contributed by atoms with Crippen LogP contribution in [0, 0.1) is 0 Å². The Morgan fingerprint density at radius 1 is 1.26 bits per heavy atom. The first-order valence-electron chi connectivity index (χ1n) is 8.09. The average molecular weight is 332 g/mol. The van der Waals surface area contributed by atoms with Gasteiger partial charge in [0.05, 0.1) is 6.10 Å². The molecule has 2 rings (SSSR count). The molecular weight excluding hydrogens is 302 g/mol. The molecule has 0 radical (unpaired) electrons. The fourth-order valence-corrected chi connectivity index (χ4v) is 2.80. The highest BCUT2D eigenvalue weighted by Crippen LogP contribution is 2.37. The van der Waals surface area contributed by atoms with E-state index in [0.29, 0.717) is 13.0 Å². The van der Waals surface area contributed by atoms with Gasteiger partial charge in [-0.25, -0.2) is 0 Å². The van der Waals surface area contributed by atoms with Gasteiger partial charge < -0.3 is 23.7 Å². The van der Waals surface area contributed by atoms with Crippen molar-refractivity contribution in [2.75, 3.05) is 20.8 Å². The fraction of sp³-hybridized carbons (Fsp3) is 0.938. The molecular formula is C16H30NO6+.